The molecule has 0 bridgehead atoms. The number of carbonyl (C=O) groups is 1. The molecule has 0 atom stereocenters. The van der Waals surface area contributed by atoms with E-state index in [0.717, 1.165) is 31.2 Å². The molecule has 0 aromatic heterocycles. The molecular weight excluding hydrogens is 423 g/mol. The summed E-state index contributed by atoms with van der Waals surface area (Å²) in [4.78, 5) is 12.5. The molecule has 0 aliphatic carbocycles. The molecule has 180 valence electrons. The first kappa shape index (κ1) is 25.2. The van der Waals surface area contributed by atoms with Crippen LogP contribution in [0.1, 0.15) is 81.0 Å². The van der Waals surface area contributed by atoms with Crippen molar-refractivity contribution in [3.63, 3.8) is 0 Å². The molecular formula is C27H35FO5. The van der Waals surface area contributed by atoms with E-state index in [1.807, 2.05) is 0 Å². The lowest BCUT2D eigenvalue weighted by molar-refractivity contribution is -0.206. The number of ether oxygens (including phenoxy) is 4. The topological polar surface area (TPSA) is 54.0 Å². The van der Waals surface area contributed by atoms with Crippen LogP contribution in [0.5, 0.6) is 11.5 Å². The van der Waals surface area contributed by atoms with Crippen molar-refractivity contribution in [1.29, 1.82) is 0 Å². The minimum absolute atomic E-state index is 0.127. The standard InChI is InChI=1S/C27H35FO5/c1-3-5-7-9-20-18-31-27(32-19-20)22-12-10-21(11-13-22)26(29)33-25-15-14-23(17-24(25)28)30-16-8-6-4-2/h10-15,17,20,27H,3-9,16,18-19H2,1-2H3. The molecule has 0 spiro atoms. The van der Waals surface area contributed by atoms with Crippen molar-refractivity contribution < 1.29 is 28.1 Å². The SMILES string of the molecule is CCCCCOc1ccc(OC(=O)c2ccc(C3OCC(CCCCC)CO3)cc2)c(F)c1. The predicted octanol–water partition coefficient (Wildman–Crippen LogP) is 6.86. The summed E-state index contributed by atoms with van der Waals surface area (Å²) in [7, 11) is 0. The van der Waals surface area contributed by atoms with Crippen LogP contribution >= 0.6 is 0 Å². The summed E-state index contributed by atoms with van der Waals surface area (Å²) in [5.74, 6) is -0.528. The lowest BCUT2D eigenvalue weighted by Crippen LogP contribution is -2.27. The summed E-state index contributed by atoms with van der Waals surface area (Å²) >= 11 is 0. The molecule has 0 radical (unpaired) electrons. The highest BCUT2D eigenvalue weighted by Crippen LogP contribution is 2.28. The Bertz CT molecular complexity index is 859. The Hall–Kier alpha value is -2.44. The monoisotopic (exact) mass is 458 g/mol. The summed E-state index contributed by atoms with van der Waals surface area (Å²) in [6, 6.07) is 11.1. The minimum Gasteiger partial charge on any atom is -0.493 e. The zero-order valence-corrected chi connectivity index (χ0v) is 19.7. The second-order valence-corrected chi connectivity index (χ2v) is 8.52. The van der Waals surface area contributed by atoms with Crippen LogP contribution in [-0.2, 0) is 9.47 Å². The first-order chi connectivity index (χ1) is 16.1. The first-order valence-electron chi connectivity index (χ1n) is 12.1. The van der Waals surface area contributed by atoms with Gasteiger partial charge in [0.15, 0.2) is 17.9 Å². The summed E-state index contributed by atoms with van der Waals surface area (Å²) in [6.07, 6.45) is 7.40. The van der Waals surface area contributed by atoms with Gasteiger partial charge in [-0.2, -0.15) is 0 Å². The highest BCUT2D eigenvalue weighted by atomic mass is 19.1. The number of halogens is 1. The van der Waals surface area contributed by atoms with E-state index in [1.165, 1.54) is 31.4 Å². The Balaban J connectivity index is 1.49. The molecule has 6 heteroatoms. The molecule has 2 aromatic rings. The quantitative estimate of drug-likeness (QED) is 0.198. The van der Waals surface area contributed by atoms with Gasteiger partial charge in [0.25, 0.3) is 0 Å². The molecule has 0 saturated carbocycles. The van der Waals surface area contributed by atoms with Gasteiger partial charge in [0.1, 0.15) is 5.75 Å². The Kier molecular flexibility index (Phi) is 10.2. The highest BCUT2D eigenvalue weighted by Gasteiger charge is 2.23. The van der Waals surface area contributed by atoms with Crippen molar-refractivity contribution in [2.75, 3.05) is 19.8 Å². The second-order valence-electron chi connectivity index (χ2n) is 8.52. The number of esters is 1. The summed E-state index contributed by atoms with van der Waals surface area (Å²) in [5, 5.41) is 0. The average Bonchev–Trinajstić information content (AvgIpc) is 2.84. The third-order valence-corrected chi connectivity index (χ3v) is 5.72. The third kappa shape index (κ3) is 7.83. The smallest absolute Gasteiger partial charge is 0.343 e. The van der Waals surface area contributed by atoms with Gasteiger partial charge in [-0.05, 0) is 37.1 Å². The van der Waals surface area contributed by atoms with Crippen molar-refractivity contribution in [3.8, 4) is 11.5 Å². The fourth-order valence-corrected chi connectivity index (χ4v) is 3.72. The van der Waals surface area contributed by atoms with Gasteiger partial charge in [0.05, 0.1) is 25.4 Å². The van der Waals surface area contributed by atoms with E-state index in [1.54, 1.807) is 30.3 Å². The van der Waals surface area contributed by atoms with Gasteiger partial charge >= 0.3 is 5.97 Å². The average molecular weight is 459 g/mol. The minimum atomic E-state index is -0.634. The molecule has 0 unspecified atom stereocenters. The number of hydrogen-bond acceptors (Lipinski definition) is 5. The lowest BCUT2D eigenvalue weighted by Gasteiger charge is -2.29. The van der Waals surface area contributed by atoms with Crippen LogP contribution < -0.4 is 9.47 Å². The molecule has 0 N–H and O–H groups in total. The van der Waals surface area contributed by atoms with Gasteiger partial charge in [0, 0.05) is 17.5 Å². The van der Waals surface area contributed by atoms with Gasteiger partial charge in [-0.1, -0.05) is 58.1 Å². The van der Waals surface area contributed by atoms with Crippen LogP contribution in [0.2, 0.25) is 0 Å². The van der Waals surface area contributed by atoms with Crippen molar-refractivity contribution in [1.82, 2.24) is 0 Å². The van der Waals surface area contributed by atoms with Crippen LogP contribution in [0, 0.1) is 11.7 Å². The maximum absolute atomic E-state index is 14.3. The van der Waals surface area contributed by atoms with Crippen LogP contribution in [0.3, 0.4) is 0 Å². The van der Waals surface area contributed by atoms with Crippen LogP contribution in [0.15, 0.2) is 42.5 Å². The van der Waals surface area contributed by atoms with Crippen molar-refractivity contribution >= 4 is 5.97 Å². The van der Waals surface area contributed by atoms with Crippen molar-refractivity contribution in [2.24, 2.45) is 5.92 Å². The van der Waals surface area contributed by atoms with E-state index < -0.39 is 18.1 Å². The zero-order chi connectivity index (χ0) is 23.5. The van der Waals surface area contributed by atoms with Crippen molar-refractivity contribution in [2.45, 2.75) is 65.1 Å². The maximum Gasteiger partial charge on any atom is 0.343 e. The largest absolute Gasteiger partial charge is 0.493 e. The van der Waals surface area contributed by atoms with Crippen molar-refractivity contribution in [3.05, 3.63) is 59.4 Å². The number of hydrogen-bond donors (Lipinski definition) is 0. The first-order valence-corrected chi connectivity index (χ1v) is 12.1. The van der Waals surface area contributed by atoms with Gasteiger partial charge in [-0.3, -0.25) is 0 Å². The molecule has 3 rings (SSSR count). The van der Waals surface area contributed by atoms with Gasteiger partial charge in [-0.25, -0.2) is 9.18 Å². The molecule has 1 aliphatic heterocycles. The van der Waals surface area contributed by atoms with E-state index in [9.17, 15) is 9.18 Å². The van der Waals surface area contributed by atoms with E-state index in [-0.39, 0.29) is 5.75 Å². The van der Waals surface area contributed by atoms with Crippen LogP contribution in [0.25, 0.3) is 0 Å². The van der Waals surface area contributed by atoms with E-state index in [4.69, 9.17) is 18.9 Å². The number of carbonyl (C=O) groups excluding carboxylic acids is 1. The Morgan fingerprint density at radius 2 is 1.67 bits per heavy atom. The Morgan fingerprint density at radius 1 is 0.970 bits per heavy atom. The molecule has 2 aromatic carbocycles. The van der Waals surface area contributed by atoms with Crippen LogP contribution in [0.4, 0.5) is 4.39 Å². The predicted molar refractivity (Wildman–Crippen MR) is 125 cm³/mol. The second kappa shape index (κ2) is 13.3. The molecule has 1 fully saturated rings. The third-order valence-electron chi connectivity index (χ3n) is 5.72. The molecule has 0 amide bonds. The Labute approximate surface area is 196 Å². The van der Waals surface area contributed by atoms with Gasteiger partial charge in [0.2, 0.25) is 0 Å². The van der Waals surface area contributed by atoms with E-state index in [0.29, 0.717) is 37.1 Å². The summed E-state index contributed by atoms with van der Waals surface area (Å²) < 4.78 is 36.9. The molecule has 1 heterocycles. The molecule has 5 nitrogen and oxygen atoms in total. The van der Waals surface area contributed by atoms with Gasteiger partial charge < -0.3 is 18.9 Å². The molecule has 1 aliphatic rings. The molecule has 33 heavy (non-hydrogen) atoms. The molecule has 1 saturated heterocycles. The van der Waals surface area contributed by atoms with E-state index in [2.05, 4.69) is 13.8 Å². The number of benzene rings is 2. The van der Waals surface area contributed by atoms with Gasteiger partial charge in [-0.15, -0.1) is 0 Å². The zero-order valence-electron chi connectivity index (χ0n) is 19.7. The highest BCUT2D eigenvalue weighted by molar-refractivity contribution is 5.91. The number of unbranched alkanes of at least 4 members (excludes halogenated alkanes) is 4. The summed E-state index contributed by atoms with van der Waals surface area (Å²) in [5.41, 5.74) is 1.17. The Morgan fingerprint density at radius 3 is 2.33 bits per heavy atom. The number of rotatable bonds is 12. The summed E-state index contributed by atoms with van der Waals surface area (Å²) in [6.45, 7) is 6.19. The van der Waals surface area contributed by atoms with Crippen LogP contribution in [-0.4, -0.2) is 25.8 Å². The lowest BCUT2D eigenvalue weighted by atomic mass is 10.0. The normalized spacial score (nSPS) is 18.2. The maximum atomic E-state index is 14.3. The fourth-order valence-electron chi connectivity index (χ4n) is 3.72. The van der Waals surface area contributed by atoms with E-state index >= 15 is 0 Å². The fraction of sp³-hybridized carbons (Fsp3) is 0.519.